The van der Waals surface area contributed by atoms with Gasteiger partial charge in [-0.3, -0.25) is 14.3 Å². The Morgan fingerprint density at radius 3 is 2.34 bits per heavy atom. The van der Waals surface area contributed by atoms with Crippen LogP contribution in [0.15, 0.2) is 54.6 Å². The number of aryl methyl sites for hydroxylation is 1. The van der Waals surface area contributed by atoms with Gasteiger partial charge < -0.3 is 20.5 Å². The second-order valence-electron chi connectivity index (χ2n) is 8.97. The zero-order valence-electron chi connectivity index (χ0n) is 19.2. The van der Waals surface area contributed by atoms with E-state index in [9.17, 15) is 14.4 Å². The van der Waals surface area contributed by atoms with Gasteiger partial charge in [0, 0.05) is 19.5 Å². The fraction of sp³-hybridized carbons (Fsp3) is 0.308. The molecule has 2 aromatic carbocycles. The Bertz CT molecular complexity index is 1250. The number of benzene rings is 2. The summed E-state index contributed by atoms with van der Waals surface area (Å²) >= 11 is 0. The number of fused-ring (bicyclic) bond motifs is 3. The minimum absolute atomic E-state index is 0.0227. The molecule has 1 fully saturated rings. The molecule has 2 aliphatic carbocycles. The molecule has 1 saturated carbocycles. The number of hydrogen-bond acceptors (Lipinski definition) is 5. The van der Waals surface area contributed by atoms with E-state index in [1.807, 2.05) is 24.3 Å². The number of nitrogens with one attached hydrogen (secondary N) is 2. The lowest BCUT2D eigenvalue weighted by atomic mass is 9.98. The van der Waals surface area contributed by atoms with E-state index in [2.05, 4.69) is 40.0 Å². The Morgan fingerprint density at radius 2 is 1.71 bits per heavy atom. The summed E-state index contributed by atoms with van der Waals surface area (Å²) in [4.78, 5) is 35.8. The molecule has 2 amide bonds. The van der Waals surface area contributed by atoms with Crippen LogP contribution in [0.5, 0.6) is 0 Å². The first-order valence-electron chi connectivity index (χ1n) is 11.5. The van der Waals surface area contributed by atoms with Gasteiger partial charge in [0.2, 0.25) is 0 Å². The summed E-state index contributed by atoms with van der Waals surface area (Å²) in [5.74, 6) is -1.58. The third kappa shape index (κ3) is 4.62. The van der Waals surface area contributed by atoms with E-state index in [4.69, 9.17) is 9.84 Å². The molecule has 0 spiro atoms. The summed E-state index contributed by atoms with van der Waals surface area (Å²) in [7, 11) is 1.64. The number of ether oxygens (including phenoxy) is 1. The Kier molecular flexibility index (Phi) is 5.98. The standard InChI is InChI=1S/C26H26N4O5/c1-30-23(24(31)27-12-15-10-21(15)25(32)33)11-16(29-30)13-28-26(34)35-14-22-19-8-4-2-6-17(19)18-7-3-5-9-20(18)22/h2-9,11,15,21-22H,10,12-14H2,1H3,(H,27,31)(H,28,34)(H,32,33). The zero-order valence-corrected chi connectivity index (χ0v) is 19.2. The maximum Gasteiger partial charge on any atom is 0.407 e. The summed E-state index contributed by atoms with van der Waals surface area (Å²) in [5.41, 5.74) is 5.46. The van der Waals surface area contributed by atoms with Crippen LogP contribution in [-0.4, -0.2) is 46.0 Å². The van der Waals surface area contributed by atoms with Gasteiger partial charge in [0.15, 0.2) is 0 Å². The van der Waals surface area contributed by atoms with E-state index in [0.29, 0.717) is 24.4 Å². The van der Waals surface area contributed by atoms with Crippen LogP contribution in [0.3, 0.4) is 0 Å². The molecule has 2 atom stereocenters. The highest BCUT2D eigenvalue weighted by molar-refractivity contribution is 5.92. The van der Waals surface area contributed by atoms with Crippen LogP contribution in [0.2, 0.25) is 0 Å². The van der Waals surface area contributed by atoms with Crippen molar-refractivity contribution in [3.05, 3.63) is 77.1 Å². The summed E-state index contributed by atoms with van der Waals surface area (Å²) < 4.78 is 6.97. The van der Waals surface area contributed by atoms with Gasteiger partial charge in [0.05, 0.1) is 18.2 Å². The van der Waals surface area contributed by atoms with Crippen LogP contribution in [0.1, 0.15) is 39.6 Å². The van der Waals surface area contributed by atoms with E-state index in [-0.39, 0.29) is 36.8 Å². The van der Waals surface area contributed by atoms with Gasteiger partial charge in [0.25, 0.3) is 5.91 Å². The summed E-state index contributed by atoms with van der Waals surface area (Å²) in [6.07, 6.45) is 0.0213. The molecule has 5 rings (SSSR count). The molecular formula is C26H26N4O5. The van der Waals surface area contributed by atoms with Crippen molar-refractivity contribution in [2.45, 2.75) is 18.9 Å². The largest absolute Gasteiger partial charge is 0.481 e. The summed E-state index contributed by atoms with van der Waals surface area (Å²) in [6.45, 7) is 0.643. The summed E-state index contributed by atoms with van der Waals surface area (Å²) in [5, 5.41) is 18.7. The molecule has 0 saturated heterocycles. The number of carboxylic acids is 1. The molecule has 2 unspecified atom stereocenters. The number of rotatable bonds is 8. The third-order valence-corrected chi connectivity index (χ3v) is 6.69. The van der Waals surface area contributed by atoms with Crippen LogP contribution in [0, 0.1) is 11.8 Å². The lowest BCUT2D eigenvalue weighted by molar-refractivity contribution is -0.138. The maximum absolute atomic E-state index is 12.4. The molecule has 35 heavy (non-hydrogen) atoms. The van der Waals surface area contributed by atoms with E-state index in [1.165, 1.54) is 4.68 Å². The molecule has 9 nitrogen and oxygen atoms in total. The minimum atomic E-state index is -0.827. The first-order chi connectivity index (χ1) is 16.9. The number of carbonyl (C=O) groups is 3. The first kappa shape index (κ1) is 22.6. The molecule has 0 aliphatic heterocycles. The molecule has 0 bridgehead atoms. The number of carboxylic acid groups (broad SMARTS) is 1. The van der Waals surface area contributed by atoms with Crippen molar-refractivity contribution in [3.8, 4) is 11.1 Å². The quantitative estimate of drug-likeness (QED) is 0.461. The smallest absolute Gasteiger partial charge is 0.407 e. The fourth-order valence-corrected chi connectivity index (χ4v) is 4.73. The Morgan fingerprint density at radius 1 is 1.06 bits per heavy atom. The average Bonchev–Trinajstić information content (AvgIpc) is 3.45. The third-order valence-electron chi connectivity index (χ3n) is 6.69. The van der Waals surface area contributed by atoms with Gasteiger partial charge in [0.1, 0.15) is 12.3 Å². The molecular weight excluding hydrogens is 448 g/mol. The number of amides is 2. The van der Waals surface area contributed by atoms with Crippen LogP contribution in [0.4, 0.5) is 4.79 Å². The van der Waals surface area contributed by atoms with Gasteiger partial charge in [-0.25, -0.2) is 4.79 Å². The van der Waals surface area contributed by atoms with E-state index in [1.54, 1.807) is 13.1 Å². The second kappa shape index (κ2) is 9.25. The number of alkyl carbamates (subject to hydrolysis) is 1. The highest BCUT2D eigenvalue weighted by Crippen LogP contribution is 2.44. The molecule has 1 aromatic heterocycles. The number of hydrogen-bond donors (Lipinski definition) is 3. The lowest BCUT2D eigenvalue weighted by Gasteiger charge is -2.14. The average molecular weight is 475 g/mol. The van der Waals surface area contributed by atoms with E-state index < -0.39 is 12.1 Å². The van der Waals surface area contributed by atoms with Crippen LogP contribution in [-0.2, 0) is 23.1 Å². The molecule has 1 heterocycles. The summed E-state index contributed by atoms with van der Waals surface area (Å²) in [6, 6.07) is 17.9. The fourth-order valence-electron chi connectivity index (χ4n) is 4.73. The van der Waals surface area contributed by atoms with E-state index in [0.717, 1.165) is 22.3 Å². The molecule has 2 aliphatic rings. The van der Waals surface area contributed by atoms with Crippen LogP contribution < -0.4 is 10.6 Å². The first-order valence-corrected chi connectivity index (χ1v) is 11.5. The predicted molar refractivity (Wildman–Crippen MR) is 127 cm³/mol. The van der Waals surface area contributed by atoms with Crippen molar-refractivity contribution in [2.24, 2.45) is 18.9 Å². The lowest BCUT2D eigenvalue weighted by Crippen LogP contribution is -2.28. The van der Waals surface area contributed by atoms with Gasteiger partial charge in [-0.15, -0.1) is 0 Å². The monoisotopic (exact) mass is 474 g/mol. The van der Waals surface area contributed by atoms with Crippen molar-refractivity contribution in [1.82, 2.24) is 20.4 Å². The second-order valence-corrected chi connectivity index (χ2v) is 8.97. The molecule has 3 aromatic rings. The Hall–Kier alpha value is -4.14. The predicted octanol–water partition coefficient (Wildman–Crippen LogP) is 2.91. The number of aliphatic carboxylic acids is 1. The minimum Gasteiger partial charge on any atom is -0.481 e. The van der Waals surface area contributed by atoms with Gasteiger partial charge >= 0.3 is 12.1 Å². The van der Waals surface area contributed by atoms with Crippen LogP contribution >= 0.6 is 0 Å². The molecule has 3 N–H and O–H groups in total. The highest BCUT2D eigenvalue weighted by Gasteiger charge is 2.43. The Labute approximate surface area is 202 Å². The van der Waals surface area contributed by atoms with Crippen molar-refractivity contribution >= 4 is 18.0 Å². The zero-order chi connectivity index (χ0) is 24.5. The number of carbonyl (C=O) groups excluding carboxylic acids is 2. The van der Waals surface area contributed by atoms with Gasteiger partial charge in [-0.05, 0) is 40.7 Å². The Balaban J connectivity index is 1.13. The van der Waals surface area contributed by atoms with Crippen molar-refractivity contribution in [2.75, 3.05) is 13.2 Å². The SMILES string of the molecule is Cn1nc(CNC(=O)OCC2c3ccccc3-c3ccccc32)cc1C(=O)NCC1CC1C(=O)O. The molecule has 0 radical (unpaired) electrons. The normalized spacial score (nSPS) is 17.9. The van der Waals surface area contributed by atoms with Crippen molar-refractivity contribution in [3.63, 3.8) is 0 Å². The van der Waals surface area contributed by atoms with Gasteiger partial charge in [-0.2, -0.15) is 5.10 Å². The number of nitrogens with zero attached hydrogens (tertiary/aromatic N) is 2. The maximum atomic E-state index is 12.4. The molecule has 180 valence electrons. The highest BCUT2D eigenvalue weighted by atomic mass is 16.5. The van der Waals surface area contributed by atoms with Crippen molar-refractivity contribution in [1.29, 1.82) is 0 Å². The molecule has 9 heteroatoms. The van der Waals surface area contributed by atoms with E-state index >= 15 is 0 Å². The number of aromatic nitrogens is 2. The van der Waals surface area contributed by atoms with Crippen molar-refractivity contribution < 1.29 is 24.2 Å². The van der Waals surface area contributed by atoms with Gasteiger partial charge in [-0.1, -0.05) is 48.5 Å². The van der Waals surface area contributed by atoms with Crippen LogP contribution in [0.25, 0.3) is 11.1 Å². The topological polar surface area (TPSA) is 123 Å².